The Kier molecular flexibility index (Phi) is 5.23. The zero-order valence-corrected chi connectivity index (χ0v) is 5.93. The smallest absolute Gasteiger partial charge is 0.0468 e. The average molecular weight is 126 g/mol. The molecule has 0 radical (unpaired) electrons. The lowest BCUT2D eigenvalue weighted by molar-refractivity contribution is 0.299. The van der Waals surface area contributed by atoms with E-state index in [4.69, 9.17) is 5.11 Å². The third-order valence-electron chi connectivity index (χ3n) is 1.11. The van der Waals surface area contributed by atoms with Crippen molar-refractivity contribution in [3.8, 4) is 0 Å². The Bertz CT molecular complexity index is 103. The molecule has 0 aromatic heterocycles. The van der Waals surface area contributed by atoms with E-state index in [1.807, 2.05) is 19.1 Å². The number of hydrogen-bond acceptors (Lipinski definition) is 1. The van der Waals surface area contributed by atoms with Gasteiger partial charge in [-0.1, -0.05) is 24.3 Å². The molecule has 0 unspecified atom stereocenters. The lowest BCUT2D eigenvalue weighted by Gasteiger charge is -1.95. The number of aliphatic hydroxyl groups excluding tert-OH is 1. The molecular formula is C8H14O. The molecule has 52 valence electrons. The van der Waals surface area contributed by atoms with Crippen LogP contribution < -0.4 is 0 Å². The van der Waals surface area contributed by atoms with E-state index in [1.165, 1.54) is 0 Å². The first kappa shape index (κ1) is 8.44. The highest BCUT2D eigenvalue weighted by Gasteiger charge is 1.87. The van der Waals surface area contributed by atoms with Crippen LogP contribution in [-0.2, 0) is 0 Å². The van der Waals surface area contributed by atoms with Crippen LogP contribution in [0, 0.1) is 0 Å². The molecule has 0 aliphatic carbocycles. The maximum absolute atomic E-state index is 8.45. The van der Waals surface area contributed by atoms with Gasteiger partial charge in [0.05, 0.1) is 0 Å². The second-order valence-electron chi connectivity index (χ2n) is 2.00. The molecule has 0 bridgehead atoms. The summed E-state index contributed by atoms with van der Waals surface area (Å²) in [6.45, 7) is 5.97. The van der Waals surface area contributed by atoms with Crippen molar-refractivity contribution in [1.29, 1.82) is 0 Å². The molecule has 9 heavy (non-hydrogen) atoms. The monoisotopic (exact) mass is 126 g/mol. The maximum Gasteiger partial charge on any atom is 0.0468 e. The van der Waals surface area contributed by atoms with Crippen LogP contribution in [-0.4, -0.2) is 11.7 Å². The van der Waals surface area contributed by atoms with Crippen molar-refractivity contribution in [2.75, 3.05) is 6.61 Å². The molecule has 0 aromatic carbocycles. The van der Waals surface area contributed by atoms with Crippen LogP contribution in [0.15, 0.2) is 24.3 Å². The quantitative estimate of drug-likeness (QED) is 0.570. The van der Waals surface area contributed by atoms with E-state index in [1.54, 1.807) is 0 Å². The molecule has 0 aliphatic rings. The van der Waals surface area contributed by atoms with Gasteiger partial charge in [0.1, 0.15) is 0 Å². The Morgan fingerprint density at radius 2 is 2.33 bits per heavy atom. The molecule has 1 nitrogen and oxygen atoms in total. The minimum Gasteiger partial charge on any atom is -0.396 e. The van der Waals surface area contributed by atoms with Crippen molar-refractivity contribution in [3.05, 3.63) is 24.3 Å². The minimum absolute atomic E-state index is 0.219. The fourth-order valence-electron chi connectivity index (χ4n) is 0.545. The van der Waals surface area contributed by atoms with Crippen molar-refractivity contribution in [1.82, 2.24) is 0 Å². The van der Waals surface area contributed by atoms with Gasteiger partial charge in [0.15, 0.2) is 0 Å². The maximum atomic E-state index is 8.45. The van der Waals surface area contributed by atoms with Crippen molar-refractivity contribution in [2.24, 2.45) is 0 Å². The summed E-state index contributed by atoms with van der Waals surface area (Å²) in [6, 6.07) is 0. The second-order valence-corrected chi connectivity index (χ2v) is 2.00. The molecule has 0 amide bonds. The van der Waals surface area contributed by atoms with E-state index in [2.05, 4.69) is 6.58 Å². The molecule has 0 atom stereocenters. The minimum atomic E-state index is 0.219. The van der Waals surface area contributed by atoms with Crippen molar-refractivity contribution >= 4 is 0 Å². The molecule has 0 aromatic rings. The number of aliphatic hydroxyl groups is 1. The second kappa shape index (κ2) is 5.57. The molecule has 0 saturated carbocycles. The third-order valence-corrected chi connectivity index (χ3v) is 1.11. The molecule has 0 heterocycles. The predicted octanol–water partition coefficient (Wildman–Crippen LogP) is 1.89. The molecule has 0 aliphatic heterocycles. The molecule has 0 rings (SSSR count). The summed E-state index contributed by atoms with van der Waals surface area (Å²) >= 11 is 0. The molecule has 0 fully saturated rings. The SMILES string of the molecule is C=C(CC=CC)CCO. The molecule has 0 spiro atoms. The third kappa shape index (κ3) is 5.31. The zero-order valence-electron chi connectivity index (χ0n) is 5.93. The predicted molar refractivity (Wildman–Crippen MR) is 40.3 cm³/mol. The summed E-state index contributed by atoms with van der Waals surface area (Å²) in [5.74, 6) is 0. The summed E-state index contributed by atoms with van der Waals surface area (Å²) < 4.78 is 0. The zero-order chi connectivity index (χ0) is 7.11. The fraction of sp³-hybridized carbons (Fsp3) is 0.500. The highest BCUT2D eigenvalue weighted by molar-refractivity contribution is 5.01. The molecule has 1 N–H and O–H groups in total. The van der Waals surface area contributed by atoms with Gasteiger partial charge in [-0.2, -0.15) is 0 Å². The van der Waals surface area contributed by atoms with Crippen LogP contribution in [0.2, 0.25) is 0 Å². The average Bonchev–Trinajstić information content (AvgIpc) is 1.85. The van der Waals surface area contributed by atoms with E-state index in [-0.39, 0.29) is 6.61 Å². The van der Waals surface area contributed by atoms with Crippen LogP contribution in [0.25, 0.3) is 0 Å². The van der Waals surface area contributed by atoms with Crippen molar-refractivity contribution in [3.63, 3.8) is 0 Å². The molecule has 0 saturated heterocycles. The highest BCUT2D eigenvalue weighted by atomic mass is 16.2. The lowest BCUT2D eigenvalue weighted by atomic mass is 10.1. The van der Waals surface area contributed by atoms with Gasteiger partial charge < -0.3 is 5.11 Å². The summed E-state index contributed by atoms with van der Waals surface area (Å²) in [7, 11) is 0. The van der Waals surface area contributed by atoms with Gasteiger partial charge in [0.2, 0.25) is 0 Å². The van der Waals surface area contributed by atoms with Crippen molar-refractivity contribution in [2.45, 2.75) is 19.8 Å². The van der Waals surface area contributed by atoms with Crippen LogP contribution in [0.5, 0.6) is 0 Å². The van der Waals surface area contributed by atoms with Crippen molar-refractivity contribution < 1.29 is 5.11 Å². The fourth-order valence-corrected chi connectivity index (χ4v) is 0.545. The first-order valence-electron chi connectivity index (χ1n) is 3.20. The van der Waals surface area contributed by atoms with Crippen LogP contribution in [0.3, 0.4) is 0 Å². The molecule has 1 heteroatoms. The lowest BCUT2D eigenvalue weighted by Crippen LogP contribution is -1.84. The van der Waals surface area contributed by atoms with Crippen LogP contribution in [0.1, 0.15) is 19.8 Å². The van der Waals surface area contributed by atoms with Crippen LogP contribution in [0.4, 0.5) is 0 Å². The Morgan fingerprint density at radius 3 is 2.78 bits per heavy atom. The first-order chi connectivity index (χ1) is 4.31. The Hall–Kier alpha value is -0.560. The Labute approximate surface area is 56.7 Å². The standard InChI is InChI=1S/C8H14O/c1-3-4-5-8(2)6-7-9/h3-4,9H,2,5-7H2,1H3. The van der Waals surface area contributed by atoms with E-state index in [0.717, 1.165) is 18.4 Å². The van der Waals surface area contributed by atoms with Gasteiger partial charge in [-0.3, -0.25) is 0 Å². The van der Waals surface area contributed by atoms with E-state index < -0.39 is 0 Å². The summed E-state index contributed by atoms with van der Waals surface area (Å²) in [4.78, 5) is 0. The van der Waals surface area contributed by atoms with E-state index >= 15 is 0 Å². The van der Waals surface area contributed by atoms with Crippen LogP contribution >= 0.6 is 0 Å². The summed E-state index contributed by atoms with van der Waals surface area (Å²) in [5.41, 5.74) is 1.09. The summed E-state index contributed by atoms with van der Waals surface area (Å²) in [6.07, 6.45) is 5.65. The number of hydrogen-bond donors (Lipinski definition) is 1. The topological polar surface area (TPSA) is 20.2 Å². The number of rotatable bonds is 4. The van der Waals surface area contributed by atoms with Gasteiger partial charge in [0, 0.05) is 6.61 Å². The van der Waals surface area contributed by atoms with Gasteiger partial charge in [-0.15, -0.1) is 0 Å². The van der Waals surface area contributed by atoms with Gasteiger partial charge in [-0.05, 0) is 19.8 Å². The Balaban J connectivity index is 3.27. The normalized spacial score (nSPS) is 10.4. The first-order valence-corrected chi connectivity index (χ1v) is 3.20. The summed E-state index contributed by atoms with van der Waals surface area (Å²) in [5, 5.41) is 8.45. The molecular weight excluding hydrogens is 112 g/mol. The van der Waals surface area contributed by atoms with E-state index in [9.17, 15) is 0 Å². The number of allylic oxidation sites excluding steroid dienone is 2. The Morgan fingerprint density at radius 1 is 1.67 bits per heavy atom. The van der Waals surface area contributed by atoms with Gasteiger partial charge >= 0.3 is 0 Å². The largest absolute Gasteiger partial charge is 0.396 e. The van der Waals surface area contributed by atoms with Gasteiger partial charge in [0.25, 0.3) is 0 Å². The highest BCUT2D eigenvalue weighted by Crippen LogP contribution is 2.02. The van der Waals surface area contributed by atoms with Gasteiger partial charge in [-0.25, -0.2) is 0 Å². The van der Waals surface area contributed by atoms with E-state index in [0.29, 0.717) is 0 Å².